The summed E-state index contributed by atoms with van der Waals surface area (Å²) in [6.07, 6.45) is 0.850. The maximum Gasteiger partial charge on any atom is 0.254 e. The van der Waals surface area contributed by atoms with Crippen LogP contribution in [0.3, 0.4) is 0 Å². The fraction of sp³-hybridized carbons (Fsp3) is 0.286. The zero-order chi connectivity index (χ0) is 13.4. The van der Waals surface area contributed by atoms with Crippen LogP contribution in [-0.2, 0) is 0 Å². The molecule has 1 unspecified atom stereocenters. The molecule has 1 aromatic heterocycles. The van der Waals surface area contributed by atoms with Gasteiger partial charge in [0.25, 0.3) is 5.91 Å². The maximum atomic E-state index is 12.5. The van der Waals surface area contributed by atoms with Gasteiger partial charge in [-0.3, -0.25) is 4.79 Å². The second-order valence-corrected chi connectivity index (χ2v) is 5.20. The number of likely N-dealkylation sites (tertiary alicyclic amines) is 1. The van der Waals surface area contributed by atoms with E-state index in [0.29, 0.717) is 23.8 Å². The smallest absolute Gasteiger partial charge is 0.254 e. The van der Waals surface area contributed by atoms with Crippen LogP contribution in [0.2, 0.25) is 5.15 Å². The predicted molar refractivity (Wildman–Crippen MR) is 75.2 cm³/mol. The average molecular weight is 276 g/mol. The molecule has 1 aromatic carbocycles. The number of hydrogen-bond donors (Lipinski definition) is 1. The summed E-state index contributed by atoms with van der Waals surface area (Å²) in [7, 11) is 0. The third kappa shape index (κ3) is 2.29. The van der Waals surface area contributed by atoms with E-state index in [9.17, 15) is 4.79 Å². The van der Waals surface area contributed by atoms with E-state index in [0.717, 1.165) is 17.3 Å². The lowest BCUT2D eigenvalue weighted by Crippen LogP contribution is -2.32. The zero-order valence-electron chi connectivity index (χ0n) is 10.3. The highest BCUT2D eigenvalue weighted by molar-refractivity contribution is 6.30. The number of carbonyl (C=O) groups is 1. The van der Waals surface area contributed by atoms with Crippen LogP contribution in [-0.4, -0.2) is 34.9 Å². The first kappa shape index (κ1) is 12.4. The summed E-state index contributed by atoms with van der Waals surface area (Å²) in [6.45, 7) is 1.31. The summed E-state index contributed by atoms with van der Waals surface area (Å²) in [5, 5.41) is 1.17. The molecule has 1 aliphatic rings. The molecule has 1 saturated heterocycles. The molecule has 0 bridgehead atoms. The Morgan fingerprint density at radius 2 is 2.21 bits per heavy atom. The SMILES string of the molecule is NC1CCN(C(=O)c2cc(Cl)nc3ccccc23)C1. The Labute approximate surface area is 116 Å². The van der Waals surface area contributed by atoms with E-state index >= 15 is 0 Å². The normalized spacial score (nSPS) is 19.1. The molecule has 3 rings (SSSR count). The highest BCUT2D eigenvalue weighted by Crippen LogP contribution is 2.23. The van der Waals surface area contributed by atoms with Gasteiger partial charge < -0.3 is 10.6 Å². The fourth-order valence-corrected chi connectivity index (χ4v) is 2.66. The lowest BCUT2D eigenvalue weighted by molar-refractivity contribution is 0.0793. The minimum atomic E-state index is -0.0200. The molecule has 0 spiro atoms. The van der Waals surface area contributed by atoms with Gasteiger partial charge in [-0.05, 0) is 18.6 Å². The van der Waals surface area contributed by atoms with Crippen LogP contribution < -0.4 is 5.73 Å². The first-order chi connectivity index (χ1) is 9.15. The Hall–Kier alpha value is -1.65. The molecular weight excluding hydrogens is 262 g/mol. The fourth-order valence-electron chi connectivity index (χ4n) is 2.46. The van der Waals surface area contributed by atoms with E-state index in [1.807, 2.05) is 24.3 Å². The molecule has 98 valence electrons. The Balaban J connectivity index is 2.06. The summed E-state index contributed by atoms with van der Waals surface area (Å²) in [4.78, 5) is 18.6. The van der Waals surface area contributed by atoms with Crippen LogP contribution in [0, 0.1) is 0 Å². The molecule has 2 N–H and O–H groups in total. The van der Waals surface area contributed by atoms with E-state index in [1.165, 1.54) is 0 Å². The average Bonchev–Trinajstić information content (AvgIpc) is 2.83. The van der Waals surface area contributed by atoms with Crippen molar-refractivity contribution in [1.82, 2.24) is 9.88 Å². The number of halogens is 1. The van der Waals surface area contributed by atoms with Gasteiger partial charge in [0.1, 0.15) is 5.15 Å². The highest BCUT2D eigenvalue weighted by atomic mass is 35.5. The van der Waals surface area contributed by atoms with Crippen LogP contribution in [0.1, 0.15) is 16.8 Å². The lowest BCUT2D eigenvalue weighted by atomic mass is 10.1. The molecule has 1 fully saturated rings. The first-order valence-electron chi connectivity index (χ1n) is 6.25. The molecule has 5 heteroatoms. The second kappa shape index (κ2) is 4.79. The Bertz CT molecular complexity index is 644. The number of pyridine rings is 1. The number of benzene rings is 1. The van der Waals surface area contributed by atoms with Crippen LogP contribution in [0.4, 0.5) is 0 Å². The molecule has 1 aliphatic heterocycles. The molecule has 4 nitrogen and oxygen atoms in total. The van der Waals surface area contributed by atoms with Crippen LogP contribution in [0.25, 0.3) is 10.9 Å². The minimum absolute atomic E-state index is 0.0200. The number of nitrogens with two attached hydrogens (primary N) is 1. The van der Waals surface area contributed by atoms with Gasteiger partial charge >= 0.3 is 0 Å². The van der Waals surface area contributed by atoms with E-state index in [1.54, 1.807) is 11.0 Å². The Morgan fingerprint density at radius 1 is 1.42 bits per heavy atom. The lowest BCUT2D eigenvalue weighted by Gasteiger charge is -2.17. The van der Waals surface area contributed by atoms with Gasteiger partial charge in [0, 0.05) is 24.5 Å². The Kier molecular flexibility index (Phi) is 3.12. The molecule has 0 radical (unpaired) electrons. The van der Waals surface area contributed by atoms with Crippen molar-refractivity contribution in [2.24, 2.45) is 5.73 Å². The molecule has 0 saturated carbocycles. The third-order valence-electron chi connectivity index (χ3n) is 3.43. The van der Waals surface area contributed by atoms with E-state index in [4.69, 9.17) is 17.3 Å². The van der Waals surface area contributed by atoms with Gasteiger partial charge in [-0.25, -0.2) is 4.98 Å². The van der Waals surface area contributed by atoms with Crippen LogP contribution >= 0.6 is 11.6 Å². The second-order valence-electron chi connectivity index (χ2n) is 4.81. The number of carbonyl (C=O) groups excluding carboxylic acids is 1. The number of rotatable bonds is 1. The molecule has 2 heterocycles. The quantitative estimate of drug-likeness (QED) is 0.811. The third-order valence-corrected chi connectivity index (χ3v) is 3.62. The molecule has 1 atom stereocenters. The van der Waals surface area contributed by atoms with E-state index < -0.39 is 0 Å². The van der Waals surface area contributed by atoms with Gasteiger partial charge in [-0.15, -0.1) is 0 Å². The van der Waals surface area contributed by atoms with Crippen molar-refractivity contribution in [2.75, 3.05) is 13.1 Å². The van der Waals surface area contributed by atoms with Crippen molar-refractivity contribution >= 4 is 28.4 Å². The summed E-state index contributed by atoms with van der Waals surface area (Å²) in [6, 6.07) is 9.23. The van der Waals surface area contributed by atoms with E-state index in [-0.39, 0.29) is 11.9 Å². The van der Waals surface area contributed by atoms with E-state index in [2.05, 4.69) is 4.98 Å². The topological polar surface area (TPSA) is 59.2 Å². The number of hydrogen-bond acceptors (Lipinski definition) is 3. The van der Waals surface area contributed by atoms with Gasteiger partial charge in [-0.1, -0.05) is 29.8 Å². The summed E-state index contributed by atoms with van der Waals surface area (Å²) in [5.41, 5.74) is 7.19. The number of amides is 1. The van der Waals surface area contributed by atoms with Crippen LogP contribution in [0.5, 0.6) is 0 Å². The molecule has 0 aliphatic carbocycles. The maximum absolute atomic E-state index is 12.5. The standard InChI is InChI=1S/C14H14ClN3O/c15-13-7-11(10-3-1-2-4-12(10)17-13)14(19)18-6-5-9(16)8-18/h1-4,7,9H,5-6,8,16H2. The van der Waals surface area contributed by atoms with Gasteiger partial charge in [-0.2, -0.15) is 0 Å². The number of fused-ring (bicyclic) bond motifs is 1. The van der Waals surface area contributed by atoms with Crippen molar-refractivity contribution in [3.05, 3.63) is 41.0 Å². The summed E-state index contributed by atoms with van der Waals surface area (Å²) < 4.78 is 0. The highest BCUT2D eigenvalue weighted by Gasteiger charge is 2.26. The van der Waals surface area contributed by atoms with Crippen molar-refractivity contribution in [1.29, 1.82) is 0 Å². The molecular formula is C14H14ClN3O. The minimum Gasteiger partial charge on any atom is -0.337 e. The molecule has 1 amide bonds. The van der Waals surface area contributed by atoms with Gasteiger partial charge in [0.15, 0.2) is 0 Å². The number of para-hydroxylation sites is 1. The predicted octanol–water partition coefficient (Wildman–Crippen LogP) is 2.06. The summed E-state index contributed by atoms with van der Waals surface area (Å²) >= 11 is 6.00. The Morgan fingerprint density at radius 3 is 2.95 bits per heavy atom. The monoisotopic (exact) mass is 275 g/mol. The van der Waals surface area contributed by atoms with Crippen molar-refractivity contribution < 1.29 is 4.79 Å². The summed E-state index contributed by atoms with van der Waals surface area (Å²) in [5.74, 6) is -0.0200. The number of aromatic nitrogens is 1. The zero-order valence-corrected chi connectivity index (χ0v) is 11.1. The van der Waals surface area contributed by atoms with Crippen molar-refractivity contribution in [3.8, 4) is 0 Å². The van der Waals surface area contributed by atoms with Crippen molar-refractivity contribution in [2.45, 2.75) is 12.5 Å². The van der Waals surface area contributed by atoms with Gasteiger partial charge in [0.2, 0.25) is 0 Å². The molecule has 19 heavy (non-hydrogen) atoms. The first-order valence-corrected chi connectivity index (χ1v) is 6.63. The molecule has 2 aromatic rings. The largest absolute Gasteiger partial charge is 0.337 e. The van der Waals surface area contributed by atoms with Gasteiger partial charge in [0.05, 0.1) is 11.1 Å². The van der Waals surface area contributed by atoms with Crippen LogP contribution in [0.15, 0.2) is 30.3 Å². The number of nitrogens with zero attached hydrogens (tertiary/aromatic N) is 2. The van der Waals surface area contributed by atoms with Crippen molar-refractivity contribution in [3.63, 3.8) is 0 Å².